The van der Waals surface area contributed by atoms with Crippen LogP contribution in [0, 0.1) is 11.6 Å². The van der Waals surface area contributed by atoms with Crippen LogP contribution in [0.2, 0.25) is 0 Å². The molecule has 0 aliphatic heterocycles. The molecular weight excluding hydrogens is 349 g/mol. The summed E-state index contributed by atoms with van der Waals surface area (Å²) in [6.45, 7) is 0. The van der Waals surface area contributed by atoms with Crippen LogP contribution >= 0.6 is 0 Å². The Balaban J connectivity index is 2.08. The minimum atomic E-state index is -4.66. The lowest BCUT2D eigenvalue weighted by Crippen LogP contribution is -2.11. The van der Waals surface area contributed by atoms with E-state index in [1.54, 1.807) is 12.1 Å². The van der Waals surface area contributed by atoms with Crippen molar-refractivity contribution in [2.75, 3.05) is 0 Å². The van der Waals surface area contributed by atoms with E-state index in [2.05, 4.69) is 4.98 Å². The average Bonchev–Trinajstić information content (AvgIpc) is 2.60. The Morgan fingerprint density at radius 3 is 2.19 bits per heavy atom. The summed E-state index contributed by atoms with van der Waals surface area (Å²) in [6, 6.07) is 14.1. The number of aromatic nitrogens is 1. The molecule has 0 amide bonds. The molecule has 0 aliphatic carbocycles. The summed E-state index contributed by atoms with van der Waals surface area (Å²) in [7, 11) is 0. The molecule has 0 N–H and O–H groups in total. The van der Waals surface area contributed by atoms with Gasteiger partial charge in [-0.05, 0) is 47.9 Å². The molecule has 6 heteroatoms. The van der Waals surface area contributed by atoms with Crippen LogP contribution in [0.3, 0.4) is 0 Å². The first-order valence-corrected chi connectivity index (χ1v) is 7.86. The lowest BCUT2D eigenvalue weighted by molar-refractivity contribution is -0.137. The van der Waals surface area contributed by atoms with Gasteiger partial charge in [0.15, 0.2) is 0 Å². The second kappa shape index (κ2) is 7.23. The fourth-order valence-electron chi connectivity index (χ4n) is 2.81. The minimum absolute atomic E-state index is 0.139. The number of rotatable bonds is 4. The fourth-order valence-corrected chi connectivity index (χ4v) is 2.81. The van der Waals surface area contributed by atoms with Crippen LogP contribution in [0.4, 0.5) is 22.0 Å². The van der Waals surface area contributed by atoms with Crippen LogP contribution in [0.1, 0.15) is 28.3 Å². The highest BCUT2D eigenvalue weighted by molar-refractivity contribution is 5.36. The van der Waals surface area contributed by atoms with Crippen LogP contribution < -0.4 is 0 Å². The predicted octanol–water partition coefficient (Wildman–Crippen LogP) is 5.75. The Hall–Kier alpha value is -2.76. The van der Waals surface area contributed by atoms with E-state index in [0.29, 0.717) is 18.2 Å². The number of hydrogen-bond acceptors (Lipinski definition) is 1. The standard InChI is InChI=1S/C20H14F5N/c21-16-6-7-19(26-12-16)18(8-13-4-2-1-3-5-13)14-9-15(20(23,24)25)11-17(22)10-14/h1-7,9-12,18H,8H2/t18-/m1/s1. The molecule has 0 saturated heterocycles. The van der Waals surface area contributed by atoms with Gasteiger partial charge >= 0.3 is 6.18 Å². The van der Waals surface area contributed by atoms with Crippen molar-refractivity contribution in [1.82, 2.24) is 4.98 Å². The minimum Gasteiger partial charge on any atom is -0.258 e. The average molecular weight is 363 g/mol. The van der Waals surface area contributed by atoms with E-state index in [0.717, 1.165) is 23.9 Å². The maximum Gasteiger partial charge on any atom is 0.416 e. The van der Waals surface area contributed by atoms with Crippen molar-refractivity contribution in [3.8, 4) is 0 Å². The van der Waals surface area contributed by atoms with Crippen molar-refractivity contribution < 1.29 is 22.0 Å². The Morgan fingerprint density at radius 1 is 0.846 bits per heavy atom. The second-order valence-corrected chi connectivity index (χ2v) is 5.91. The Morgan fingerprint density at radius 2 is 1.58 bits per heavy atom. The highest BCUT2D eigenvalue weighted by Gasteiger charge is 2.32. The van der Waals surface area contributed by atoms with Crippen LogP contribution in [0.5, 0.6) is 0 Å². The smallest absolute Gasteiger partial charge is 0.258 e. The number of alkyl halides is 3. The van der Waals surface area contributed by atoms with Crippen LogP contribution in [0.15, 0.2) is 66.9 Å². The third-order valence-electron chi connectivity index (χ3n) is 4.04. The highest BCUT2D eigenvalue weighted by atomic mass is 19.4. The molecule has 1 heterocycles. The number of hydrogen-bond donors (Lipinski definition) is 0. The molecule has 0 fully saturated rings. The van der Waals surface area contributed by atoms with Gasteiger partial charge in [0, 0.05) is 11.6 Å². The summed E-state index contributed by atoms with van der Waals surface area (Å²) in [5.41, 5.74) is 0.295. The van der Waals surface area contributed by atoms with Crippen molar-refractivity contribution in [1.29, 1.82) is 0 Å². The number of halogens is 5. The molecule has 0 aliphatic rings. The Labute approximate surface area is 147 Å². The van der Waals surface area contributed by atoms with Crippen LogP contribution in [-0.4, -0.2) is 4.98 Å². The zero-order valence-electron chi connectivity index (χ0n) is 13.5. The summed E-state index contributed by atoms with van der Waals surface area (Å²) >= 11 is 0. The Bertz CT molecular complexity index is 873. The zero-order chi connectivity index (χ0) is 18.7. The molecule has 0 spiro atoms. The van der Waals surface area contributed by atoms with Crippen LogP contribution in [-0.2, 0) is 12.6 Å². The molecular formula is C20H14F5N. The van der Waals surface area contributed by atoms with Gasteiger partial charge in [0.2, 0.25) is 0 Å². The van der Waals surface area contributed by atoms with Crippen molar-refractivity contribution in [2.24, 2.45) is 0 Å². The van der Waals surface area contributed by atoms with Gasteiger partial charge in [0.1, 0.15) is 11.6 Å². The van der Waals surface area contributed by atoms with E-state index >= 15 is 0 Å². The molecule has 0 saturated carbocycles. The molecule has 134 valence electrons. The molecule has 1 atom stereocenters. The van der Waals surface area contributed by atoms with E-state index in [4.69, 9.17) is 0 Å². The first-order valence-electron chi connectivity index (χ1n) is 7.86. The van der Waals surface area contributed by atoms with Crippen LogP contribution in [0.25, 0.3) is 0 Å². The first-order chi connectivity index (χ1) is 12.3. The summed E-state index contributed by atoms with van der Waals surface area (Å²) in [5.74, 6) is -2.17. The van der Waals surface area contributed by atoms with E-state index in [-0.39, 0.29) is 5.56 Å². The molecule has 0 unspecified atom stereocenters. The van der Waals surface area contributed by atoms with Crippen molar-refractivity contribution in [3.63, 3.8) is 0 Å². The van der Waals surface area contributed by atoms with Gasteiger partial charge < -0.3 is 0 Å². The van der Waals surface area contributed by atoms with Gasteiger partial charge in [-0.3, -0.25) is 4.98 Å². The van der Waals surface area contributed by atoms with Gasteiger partial charge in [0.05, 0.1) is 11.8 Å². The zero-order valence-corrected chi connectivity index (χ0v) is 13.5. The van der Waals surface area contributed by atoms with Gasteiger partial charge in [-0.1, -0.05) is 30.3 Å². The number of nitrogens with zero attached hydrogens (tertiary/aromatic N) is 1. The lowest BCUT2D eigenvalue weighted by Gasteiger charge is -2.19. The summed E-state index contributed by atoms with van der Waals surface area (Å²) in [5, 5.41) is 0. The third-order valence-corrected chi connectivity index (χ3v) is 4.04. The molecule has 26 heavy (non-hydrogen) atoms. The fraction of sp³-hybridized carbons (Fsp3) is 0.150. The molecule has 2 aromatic carbocycles. The summed E-state index contributed by atoms with van der Waals surface area (Å²) in [6.07, 6.45) is -3.36. The maximum absolute atomic E-state index is 13.9. The lowest BCUT2D eigenvalue weighted by atomic mass is 9.88. The number of pyridine rings is 1. The molecule has 0 radical (unpaired) electrons. The molecule has 0 bridgehead atoms. The first kappa shape index (κ1) is 18.0. The second-order valence-electron chi connectivity index (χ2n) is 5.91. The van der Waals surface area contributed by atoms with E-state index in [9.17, 15) is 22.0 Å². The predicted molar refractivity (Wildman–Crippen MR) is 87.6 cm³/mol. The monoisotopic (exact) mass is 363 g/mol. The quantitative estimate of drug-likeness (QED) is 0.538. The third kappa shape index (κ3) is 4.25. The Kier molecular flexibility index (Phi) is 5.02. The van der Waals surface area contributed by atoms with Gasteiger partial charge in [-0.25, -0.2) is 8.78 Å². The van der Waals surface area contributed by atoms with Gasteiger partial charge in [0.25, 0.3) is 0 Å². The molecule has 1 nitrogen and oxygen atoms in total. The van der Waals surface area contributed by atoms with E-state index in [1.165, 1.54) is 12.1 Å². The molecule has 3 rings (SSSR count). The van der Waals surface area contributed by atoms with Gasteiger partial charge in [-0.15, -0.1) is 0 Å². The van der Waals surface area contributed by atoms with Crippen molar-refractivity contribution in [2.45, 2.75) is 18.5 Å². The van der Waals surface area contributed by atoms with Crippen molar-refractivity contribution in [3.05, 3.63) is 101 Å². The molecule has 3 aromatic rings. The van der Waals surface area contributed by atoms with E-state index in [1.807, 2.05) is 18.2 Å². The van der Waals surface area contributed by atoms with Gasteiger partial charge in [-0.2, -0.15) is 13.2 Å². The van der Waals surface area contributed by atoms with E-state index < -0.39 is 29.3 Å². The maximum atomic E-state index is 13.9. The highest BCUT2D eigenvalue weighted by Crippen LogP contribution is 2.34. The SMILES string of the molecule is Fc1ccc([C@H](Cc2ccccc2)c2cc(F)cc(C(F)(F)F)c2)nc1. The normalized spacial score (nSPS) is 12.8. The van der Waals surface area contributed by atoms with Crippen molar-refractivity contribution >= 4 is 0 Å². The topological polar surface area (TPSA) is 12.9 Å². The largest absolute Gasteiger partial charge is 0.416 e. The molecule has 1 aromatic heterocycles. The number of benzene rings is 2. The summed E-state index contributed by atoms with van der Waals surface area (Å²) in [4.78, 5) is 3.99. The summed E-state index contributed by atoms with van der Waals surface area (Å²) < 4.78 is 66.2.